The molecule has 2 heterocycles. The molecule has 0 saturated heterocycles. The molecule has 0 saturated carbocycles. The summed E-state index contributed by atoms with van der Waals surface area (Å²) in [6.45, 7) is 5.08. The number of hydrogen-bond acceptors (Lipinski definition) is 3. The molecule has 0 atom stereocenters. The average molecular weight is 386 g/mol. The molecule has 0 unspecified atom stereocenters. The molecule has 0 radical (unpaired) electrons. The van der Waals surface area contributed by atoms with Crippen molar-refractivity contribution in [2.24, 2.45) is 0 Å². The molecule has 0 aliphatic carbocycles. The van der Waals surface area contributed by atoms with Gasteiger partial charge < -0.3 is 15.0 Å². The largest absolute Gasteiger partial charge is 0.496 e. The van der Waals surface area contributed by atoms with Crippen LogP contribution < -0.4 is 15.0 Å². The smallest absolute Gasteiger partial charge is 0.126 e. The van der Waals surface area contributed by atoms with Gasteiger partial charge in [-0.05, 0) is 67.4 Å². The number of benzene rings is 3. The second kappa shape index (κ2) is 6.38. The average Bonchev–Trinajstić information content (AvgIpc) is 3.08. The van der Waals surface area contributed by atoms with Gasteiger partial charge in [-0.3, -0.25) is 0 Å². The number of hydrogen-bond donors (Lipinski definition) is 1. The first-order valence-electron chi connectivity index (χ1n) is 9.81. The normalized spacial score (nSPS) is 16.1. The molecule has 0 amide bonds. The van der Waals surface area contributed by atoms with Crippen molar-refractivity contribution in [3.05, 3.63) is 83.7 Å². The van der Waals surface area contributed by atoms with Crippen molar-refractivity contribution in [2.45, 2.75) is 25.9 Å². The van der Waals surface area contributed by atoms with Gasteiger partial charge in [0.05, 0.1) is 12.6 Å². The van der Waals surface area contributed by atoms with E-state index in [0.29, 0.717) is 5.75 Å². The summed E-state index contributed by atoms with van der Waals surface area (Å²) in [6.07, 6.45) is 2.28. The van der Waals surface area contributed by atoms with Crippen LogP contribution in [0.3, 0.4) is 0 Å². The van der Waals surface area contributed by atoms with Gasteiger partial charge in [-0.1, -0.05) is 24.3 Å². The summed E-state index contributed by atoms with van der Waals surface area (Å²) in [5, 5.41) is 3.63. The van der Waals surface area contributed by atoms with Crippen molar-refractivity contribution >= 4 is 17.1 Å². The van der Waals surface area contributed by atoms with E-state index in [1.54, 1.807) is 19.2 Å². The zero-order valence-corrected chi connectivity index (χ0v) is 16.8. The van der Waals surface area contributed by atoms with E-state index in [9.17, 15) is 4.39 Å². The van der Waals surface area contributed by atoms with Crippen molar-refractivity contribution in [3.63, 3.8) is 0 Å². The number of halogens is 1. The molecule has 1 N–H and O–H groups in total. The monoisotopic (exact) mass is 386 g/mol. The van der Waals surface area contributed by atoms with Gasteiger partial charge in [0.25, 0.3) is 0 Å². The zero-order valence-electron chi connectivity index (χ0n) is 16.8. The maximum Gasteiger partial charge on any atom is 0.126 e. The Labute approximate surface area is 170 Å². The molecule has 0 spiro atoms. The van der Waals surface area contributed by atoms with Crippen LogP contribution in [-0.2, 0) is 6.54 Å². The van der Waals surface area contributed by atoms with Crippen molar-refractivity contribution in [2.75, 3.05) is 17.3 Å². The molecular weight excluding hydrogens is 363 g/mol. The van der Waals surface area contributed by atoms with Crippen LogP contribution in [0, 0.1) is 5.82 Å². The van der Waals surface area contributed by atoms with Crippen molar-refractivity contribution in [1.82, 2.24) is 0 Å². The van der Waals surface area contributed by atoms with Gasteiger partial charge in [0.15, 0.2) is 0 Å². The summed E-state index contributed by atoms with van der Waals surface area (Å²) in [5.41, 5.74) is 7.46. The third-order valence-corrected chi connectivity index (χ3v) is 5.65. The Kier molecular flexibility index (Phi) is 3.91. The molecule has 4 heteroatoms. The molecule has 0 aromatic heterocycles. The molecule has 3 aromatic carbocycles. The fraction of sp³-hybridized carbons (Fsp3) is 0.200. The van der Waals surface area contributed by atoms with Gasteiger partial charge in [0.2, 0.25) is 0 Å². The zero-order chi connectivity index (χ0) is 20.2. The van der Waals surface area contributed by atoms with Crippen LogP contribution in [-0.4, -0.2) is 12.6 Å². The Balaban J connectivity index is 1.74. The maximum absolute atomic E-state index is 14.1. The predicted molar refractivity (Wildman–Crippen MR) is 117 cm³/mol. The van der Waals surface area contributed by atoms with E-state index in [1.165, 1.54) is 22.9 Å². The Morgan fingerprint density at radius 2 is 1.79 bits per heavy atom. The van der Waals surface area contributed by atoms with Gasteiger partial charge in [-0.2, -0.15) is 0 Å². The number of nitrogens with one attached hydrogen (secondary N) is 1. The molecule has 3 nitrogen and oxygen atoms in total. The lowest BCUT2D eigenvalue weighted by atomic mass is 9.89. The van der Waals surface area contributed by atoms with Crippen LogP contribution in [0.2, 0.25) is 0 Å². The summed E-state index contributed by atoms with van der Waals surface area (Å²) >= 11 is 0. The third-order valence-electron chi connectivity index (χ3n) is 5.65. The van der Waals surface area contributed by atoms with Crippen LogP contribution in [0.5, 0.6) is 5.75 Å². The van der Waals surface area contributed by atoms with Gasteiger partial charge in [-0.25, -0.2) is 4.39 Å². The van der Waals surface area contributed by atoms with Crippen LogP contribution in [0.25, 0.3) is 16.8 Å². The first-order valence-corrected chi connectivity index (χ1v) is 9.81. The lowest BCUT2D eigenvalue weighted by molar-refractivity contribution is 0.415. The molecule has 2 aliphatic heterocycles. The quantitative estimate of drug-likeness (QED) is 0.591. The molecule has 2 aliphatic rings. The topological polar surface area (TPSA) is 24.5 Å². The van der Waals surface area contributed by atoms with E-state index in [2.05, 4.69) is 66.5 Å². The van der Waals surface area contributed by atoms with E-state index < -0.39 is 0 Å². The van der Waals surface area contributed by atoms with E-state index in [4.69, 9.17) is 4.74 Å². The third kappa shape index (κ3) is 2.87. The summed E-state index contributed by atoms with van der Waals surface area (Å²) in [6, 6.07) is 19.3. The Hall–Kier alpha value is -3.27. The van der Waals surface area contributed by atoms with Crippen molar-refractivity contribution in [1.29, 1.82) is 0 Å². The summed E-state index contributed by atoms with van der Waals surface area (Å²) in [7, 11) is 1.63. The van der Waals surface area contributed by atoms with E-state index in [1.807, 2.05) is 6.07 Å². The second-order valence-electron chi connectivity index (χ2n) is 8.16. The van der Waals surface area contributed by atoms with Crippen LogP contribution >= 0.6 is 0 Å². The predicted octanol–water partition coefficient (Wildman–Crippen LogP) is 6.07. The van der Waals surface area contributed by atoms with Crippen molar-refractivity contribution < 1.29 is 9.13 Å². The molecule has 0 bridgehead atoms. The molecule has 3 aromatic rings. The number of ether oxygens (including phenoxy) is 1. The highest BCUT2D eigenvalue weighted by molar-refractivity contribution is 5.97. The van der Waals surface area contributed by atoms with E-state index in [-0.39, 0.29) is 11.4 Å². The SMILES string of the molecule is COc1ccc(F)cc1-c1ccc2c3c1CN(c1ccccc1)C3=CC(C)(C)N2. The molecule has 29 heavy (non-hydrogen) atoms. The van der Waals surface area contributed by atoms with E-state index >= 15 is 0 Å². The minimum absolute atomic E-state index is 0.158. The maximum atomic E-state index is 14.1. The number of anilines is 2. The van der Waals surface area contributed by atoms with Gasteiger partial charge >= 0.3 is 0 Å². The van der Waals surface area contributed by atoms with Crippen LogP contribution in [0.15, 0.2) is 66.7 Å². The molecular formula is C25H23FN2O. The van der Waals surface area contributed by atoms with Gasteiger partial charge in [0.1, 0.15) is 11.6 Å². The number of rotatable bonds is 3. The summed E-state index contributed by atoms with van der Waals surface area (Å²) in [4.78, 5) is 2.34. The Morgan fingerprint density at radius 1 is 1.00 bits per heavy atom. The molecule has 5 rings (SSSR count). The lowest BCUT2D eigenvalue weighted by Crippen LogP contribution is -2.33. The molecule has 0 fully saturated rings. The van der Waals surface area contributed by atoms with Gasteiger partial charge in [-0.15, -0.1) is 0 Å². The first kappa shape index (κ1) is 17.8. The minimum atomic E-state index is -0.265. The van der Waals surface area contributed by atoms with Crippen LogP contribution in [0.1, 0.15) is 25.0 Å². The fourth-order valence-electron chi connectivity index (χ4n) is 4.44. The highest BCUT2D eigenvalue weighted by Crippen LogP contribution is 2.49. The number of nitrogens with zero attached hydrogens (tertiary/aromatic N) is 1. The minimum Gasteiger partial charge on any atom is -0.496 e. The summed E-state index contributed by atoms with van der Waals surface area (Å²) in [5.74, 6) is 0.411. The Morgan fingerprint density at radius 3 is 2.55 bits per heavy atom. The number of methoxy groups -OCH3 is 1. The standard InChI is InChI=1S/C25H23FN2O/c1-25(2)14-22-24-20(15-28(22)17-7-5-4-6-8-17)18(10-11-21(24)27-25)19-13-16(26)9-12-23(19)29-3/h4-14,27H,15H2,1-3H3. The molecule has 146 valence electrons. The second-order valence-corrected chi connectivity index (χ2v) is 8.16. The highest BCUT2D eigenvalue weighted by atomic mass is 19.1. The number of para-hydroxylation sites is 1. The highest BCUT2D eigenvalue weighted by Gasteiger charge is 2.36. The van der Waals surface area contributed by atoms with Gasteiger partial charge in [0, 0.05) is 34.7 Å². The fourth-order valence-corrected chi connectivity index (χ4v) is 4.44. The van der Waals surface area contributed by atoms with E-state index in [0.717, 1.165) is 29.0 Å². The summed E-state index contributed by atoms with van der Waals surface area (Å²) < 4.78 is 19.7. The first-order chi connectivity index (χ1) is 14.0. The Bertz CT molecular complexity index is 1140. The lowest BCUT2D eigenvalue weighted by Gasteiger charge is -2.33. The van der Waals surface area contributed by atoms with Crippen LogP contribution in [0.4, 0.5) is 15.8 Å². The van der Waals surface area contributed by atoms with Crippen molar-refractivity contribution in [3.8, 4) is 16.9 Å².